The van der Waals surface area contributed by atoms with Crippen molar-refractivity contribution in [3.8, 4) is 0 Å². The van der Waals surface area contributed by atoms with Crippen molar-refractivity contribution in [2.75, 3.05) is 31.6 Å². The predicted octanol–water partition coefficient (Wildman–Crippen LogP) is 0.194. The number of nitrogens with zero attached hydrogens (tertiary/aromatic N) is 2. The molecule has 96 valence electrons. The fourth-order valence-electron chi connectivity index (χ4n) is 1.83. The molecule has 0 spiro atoms. The van der Waals surface area contributed by atoms with Crippen LogP contribution in [0.25, 0.3) is 0 Å². The third kappa shape index (κ3) is 2.77. The number of hydrogen-bond acceptors (Lipinski definition) is 5. The van der Waals surface area contributed by atoms with E-state index in [0.717, 1.165) is 0 Å². The molecule has 1 N–H and O–H groups in total. The maximum atomic E-state index is 11.4. The monoisotopic (exact) mass is 249 g/mol. The zero-order valence-electron chi connectivity index (χ0n) is 10.2. The van der Waals surface area contributed by atoms with Gasteiger partial charge in [0.25, 0.3) is 0 Å². The number of aromatic nitrogens is 1. The van der Waals surface area contributed by atoms with Crippen molar-refractivity contribution in [2.24, 2.45) is 0 Å². The molecule has 0 aliphatic carbocycles. The van der Waals surface area contributed by atoms with E-state index < -0.39 is 0 Å². The predicted molar refractivity (Wildman–Crippen MR) is 65.4 cm³/mol. The second-order valence-electron chi connectivity index (χ2n) is 3.98. The van der Waals surface area contributed by atoms with Gasteiger partial charge in [-0.15, -0.1) is 0 Å². The summed E-state index contributed by atoms with van der Waals surface area (Å²) in [5.41, 5.74) is 0.464. The minimum atomic E-state index is -0.386. The number of hydrogen-bond donors (Lipinski definition) is 1. The molecule has 1 saturated heterocycles. The van der Waals surface area contributed by atoms with E-state index in [-0.39, 0.29) is 11.9 Å². The van der Waals surface area contributed by atoms with Crippen LogP contribution in [0, 0.1) is 0 Å². The van der Waals surface area contributed by atoms with Gasteiger partial charge in [-0.1, -0.05) is 0 Å². The highest BCUT2D eigenvalue weighted by molar-refractivity contribution is 5.90. The molecule has 1 amide bonds. The SMILES string of the molecule is COC(=O)c1ccnc(N2CCNC(=O)CC2)c1. The second-order valence-corrected chi connectivity index (χ2v) is 3.98. The number of anilines is 1. The van der Waals surface area contributed by atoms with Crippen LogP contribution in [0.15, 0.2) is 18.3 Å². The number of pyridine rings is 1. The Morgan fingerprint density at radius 1 is 1.50 bits per heavy atom. The van der Waals surface area contributed by atoms with E-state index in [1.54, 1.807) is 18.3 Å². The second kappa shape index (κ2) is 5.48. The topological polar surface area (TPSA) is 71.5 Å². The smallest absolute Gasteiger partial charge is 0.338 e. The average Bonchev–Trinajstić information content (AvgIpc) is 2.63. The van der Waals surface area contributed by atoms with Crippen LogP contribution in [0.4, 0.5) is 5.82 Å². The van der Waals surface area contributed by atoms with Gasteiger partial charge in [0.1, 0.15) is 5.82 Å². The number of amides is 1. The Labute approximate surface area is 105 Å². The minimum Gasteiger partial charge on any atom is -0.465 e. The van der Waals surface area contributed by atoms with E-state index in [1.165, 1.54) is 7.11 Å². The molecule has 2 rings (SSSR count). The number of ether oxygens (including phenoxy) is 1. The van der Waals surface area contributed by atoms with Gasteiger partial charge in [-0.25, -0.2) is 9.78 Å². The van der Waals surface area contributed by atoms with Crippen LogP contribution in [-0.2, 0) is 9.53 Å². The number of esters is 1. The lowest BCUT2D eigenvalue weighted by Gasteiger charge is -2.20. The van der Waals surface area contributed by atoms with Crippen molar-refractivity contribution in [1.82, 2.24) is 10.3 Å². The maximum Gasteiger partial charge on any atom is 0.338 e. The molecule has 0 unspecified atom stereocenters. The third-order valence-electron chi connectivity index (χ3n) is 2.80. The first-order valence-corrected chi connectivity index (χ1v) is 5.76. The summed E-state index contributed by atoms with van der Waals surface area (Å²) >= 11 is 0. The zero-order valence-corrected chi connectivity index (χ0v) is 10.2. The summed E-state index contributed by atoms with van der Waals surface area (Å²) in [6, 6.07) is 3.29. The van der Waals surface area contributed by atoms with E-state index in [2.05, 4.69) is 15.0 Å². The molecular weight excluding hydrogens is 234 g/mol. The molecule has 0 aromatic carbocycles. The fraction of sp³-hybridized carbons (Fsp3) is 0.417. The first-order valence-electron chi connectivity index (χ1n) is 5.76. The molecule has 6 nitrogen and oxygen atoms in total. The van der Waals surface area contributed by atoms with E-state index >= 15 is 0 Å². The number of carbonyl (C=O) groups excluding carboxylic acids is 2. The van der Waals surface area contributed by atoms with E-state index in [9.17, 15) is 9.59 Å². The molecular formula is C12H15N3O3. The van der Waals surface area contributed by atoms with Crippen molar-refractivity contribution in [1.29, 1.82) is 0 Å². The molecule has 0 radical (unpaired) electrons. The van der Waals surface area contributed by atoms with Crippen molar-refractivity contribution in [2.45, 2.75) is 6.42 Å². The Kier molecular flexibility index (Phi) is 3.76. The Morgan fingerprint density at radius 2 is 2.33 bits per heavy atom. The molecule has 2 heterocycles. The molecule has 6 heteroatoms. The first kappa shape index (κ1) is 12.3. The summed E-state index contributed by atoms with van der Waals surface area (Å²) in [6.07, 6.45) is 2.01. The number of methoxy groups -OCH3 is 1. The summed E-state index contributed by atoms with van der Waals surface area (Å²) in [5, 5.41) is 2.79. The van der Waals surface area contributed by atoms with Gasteiger partial charge in [0, 0.05) is 32.3 Å². The Bertz CT molecular complexity index is 462. The highest BCUT2D eigenvalue weighted by Crippen LogP contribution is 2.14. The molecule has 0 saturated carbocycles. The third-order valence-corrected chi connectivity index (χ3v) is 2.80. The van der Waals surface area contributed by atoms with Crippen LogP contribution in [-0.4, -0.2) is 43.6 Å². The molecule has 1 aliphatic rings. The van der Waals surface area contributed by atoms with Gasteiger partial charge in [0.15, 0.2) is 0 Å². The number of carbonyl (C=O) groups is 2. The van der Waals surface area contributed by atoms with Crippen LogP contribution >= 0.6 is 0 Å². The summed E-state index contributed by atoms with van der Waals surface area (Å²) in [6.45, 7) is 1.87. The highest BCUT2D eigenvalue weighted by atomic mass is 16.5. The lowest BCUT2D eigenvalue weighted by Crippen LogP contribution is -2.29. The molecule has 1 aromatic heterocycles. The van der Waals surface area contributed by atoms with Crippen LogP contribution < -0.4 is 10.2 Å². The molecule has 18 heavy (non-hydrogen) atoms. The standard InChI is InChI=1S/C12H15N3O3/c1-18-12(17)9-2-4-13-10(8-9)15-6-3-11(16)14-5-7-15/h2,4,8H,3,5-7H2,1H3,(H,14,16). The molecule has 0 atom stereocenters. The van der Waals surface area contributed by atoms with E-state index in [4.69, 9.17) is 0 Å². The quantitative estimate of drug-likeness (QED) is 0.758. The van der Waals surface area contributed by atoms with Crippen LogP contribution in [0.2, 0.25) is 0 Å². The summed E-state index contributed by atoms with van der Waals surface area (Å²) in [7, 11) is 1.34. The Hall–Kier alpha value is -2.11. The van der Waals surface area contributed by atoms with Gasteiger partial charge in [-0.3, -0.25) is 4.79 Å². The molecule has 1 aromatic rings. The first-order chi connectivity index (χ1) is 8.70. The minimum absolute atomic E-state index is 0.0432. The van der Waals surface area contributed by atoms with E-state index in [1.807, 2.05) is 4.90 Å². The molecule has 1 aliphatic heterocycles. The van der Waals surface area contributed by atoms with Gasteiger partial charge in [0.05, 0.1) is 12.7 Å². The van der Waals surface area contributed by atoms with Gasteiger partial charge in [-0.2, -0.15) is 0 Å². The number of rotatable bonds is 2. The van der Waals surface area contributed by atoms with Crippen LogP contribution in [0.1, 0.15) is 16.8 Å². The van der Waals surface area contributed by atoms with Crippen LogP contribution in [0.5, 0.6) is 0 Å². The highest BCUT2D eigenvalue weighted by Gasteiger charge is 2.16. The van der Waals surface area contributed by atoms with Crippen molar-refractivity contribution in [3.05, 3.63) is 23.9 Å². The van der Waals surface area contributed by atoms with Gasteiger partial charge in [0.2, 0.25) is 5.91 Å². The van der Waals surface area contributed by atoms with Crippen molar-refractivity contribution >= 4 is 17.7 Å². The number of nitrogens with one attached hydrogen (secondary N) is 1. The lowest BCUT2D eigenvalue weighted by atomic mass is 10.2. The summed E-state index contributed by atoms with van der Waals surface area (Å²) in [4.78, 5) is 28.9. The average molecular weight is 249 g/mol. The Morgan fingerprint density at radius 3 is 3.11 bits per heavy atom. The van der Waals surface area contributed by atoms with Crippen LogP contribution in [0.3, 0.4) is 0 Å². The van der Waals surface area contributed by atoms with E-state index in [0.29, 0.717) is 37.4 Å². The largest absolute Gasteiger partial charge is 0.465 e. The summed E-state index contributed by atoms with van der Waals surface area (Å²) in [5.74, 6) is 0.346. The summed E-state index contributed by atoms with van der Waals surface area (Å²) < 4.78 is 4.67. The lowest BCUT2D eigenvalue weighted by molar-refractivity contribution is -0.120. The zero-order chi connectivity index (χ0) is 13.0. The van der Waals surface area contributed by atoms with Gasteiger partial charge in [-0.05, 0) is 12.1 Å². The molecule has 1 fully saturated rings. The normalized spacial score (nSPS) is 15.8. The fourth-order valence-corrected chi connectivity index (χ4v) is 1.83. The van der Waals surface area contributed by atoms with Crippen molar-refractivity contribution in [3.63, 3.8) is 0 Å². The van der Waals surface area contributed by atoms with Gasteiger partial charge >= 0.3 is 5.97 Å². The Balaban J connectivity index is 2.17. The van der Waals surface area contributed by atoms with Crippen molar-refractivity contribution < 1.29 is 14.3 Å². The molecule has 0 bridgehead atoms. The maximum absolute atomic E-state index is 11.4. The van der Waals surface area contributed by atoms with Gasteiger partial charge < -0.3 is 15.0 Å².